The summed E-state index contributed by atoms with van der Waals surface area (Å²) in [7, 11) is 0. The van der Waals surface area contributed by atoms with E-state index in [2.05, 4.69) is 0 Å². The molecule has 0 aromatic heterocycles. The van der Waals surface area contributed by atoms with Crippen molar-refractivity contribution in [2.24, 2.45) is 0 Å². The molecule has 3 rings (SSSR count). The number of fused-ring (bicyclic) bond motifs is 1. The van der Waals surface area contributed by atoms with E-state index in [4.69, 9.17) is 25.8 Å². The molecule has 1 heterocycles. The van der Waals surface area contributed by atoms with Crippen molar-refractivity contribution in [2.75, 3.05) is 19.8 Å². The van der Waals surface area contributed by atoms with E-state index < -0.39 is 6.10 Å². The summed E-state index contributed by atoms with van der Waals surface area (Å²) in [6.07, 6.45) is -0.734. The fourth-order valence-electron chi connectivity index (χ4n) is 2.11. The minimum atomic E-state index is -0.734. The predicted molar refractivity (Wildman–Crippen MR) is 79.3 cm³/mol. The van der Waals surface area contributed by atoms with Gasteiger partial charge in [0.05, 0.1) is 0 Å². The number of halogens is 1. The molecule has 0 spiro atoms. The van der Waals surface area contributed by atoms with Crippen molar-refractivity contribution in [2.45, 2.75) is 6.10 Å². The lowest BCUT2D eigenvalue weighted by Gasteiger charge is -2.21. The van der Waals surface area contributed by atoms with Crippen LogP contribution in [-0.4, -0.2) is 24.9 Å². The van der Waals surface area contributed by atoms with Crippen LogP contribution in [0.3, 0.4) is 0 Å². The van der Waals surface area contributed by atoms with Gasteiger partial charge in [0.2, 0.25) is 5.75 Å². The Morgan fingerprint density at radius 3 is 2.67 bits per heavy atom. The molecule has 0 saturated heterocycles. The van der Waals surface area contributed by atoms with E-state index in [9.17, 15) is 5.11 Å². The first kappa shape index (κ1) is 14.0. The Balaban J connectivity index is 1.69. The molecule has 0 bridgehead atoms. The highest BCUT2D eigenvalue weighted by Gasteiger charge is 2.18. The quantitative estimate of drug-likeness (QED) is 0.942. The summed E-state index contributed by atoms with van der Waals surface area (Å²) in [4.78, 5) is 0. The molecule has 1 atom stereocenters. The minimum Gasteiger partial charge on any atom is -0.486 e. The molecule has 0 saturated carbocycles. The maximum absolute atomic E-state index is 10.1. The van der Waals surface area contributed by atoms with Crippen LogP contribution in [0.4, 0.5) is 0 Å². The standard InChI is InChI=1S/C16H15ClO4/c17-12-6-4-11(5-7-12)13(18)10-21-15-3-1-2-14-16(15)20-9-8-19-14/h1-7,13,18H,8-10H2/t13-/m1/s1. The van der Waals surface area contributed by atoms with Gasteiger partial charge >= 0.3 is 0 Å². The van der Waals surface area contributed by atoms with E-state index in [1.54, 1.807) is 30.3 Å². The second-order valence-corrected chi connectivity index (χ2v) is 5.10. The van der Waals surface area contributed by atoms with Crippen LogP contribution in [-0.2, 0) is 0 Å². The average molecular weight is 307 g/mol. The maximum atomic E-state index is 10.1. The Bertz CT molecular complexity index is 612. The third kappa shape index (κ3) is 3.23. The van der Waals surface area contributed by atoms with Gasteiger partial charge in [-0.15, -0.1) is 0 Å². The number of benzene rings is 2. The second kappa shape index (κ2) is 6.24. The first-order chi connectivity index (χ1) is 10.2. The van der Waals surface area contributed by atoms with E-state index in [0.717, 1.165) is 5.56 Å². The Labute approximate surface area is 127 Å². The van der Waals surface area contributed by atoms with Gasteiger partial charge in [-0.2, -0.15) is 0 Å². The number of para-hydroxylation sites is 1. The van der Waals surface area contributed by atoms with Gasteiger partial charge in [-0.1, -0.05) is 29.8 Å². The van der Waals surface area contributed by atoms with Crippen LogP contribution < -0.4 is 14.2 Å². The van der Waals surface area contributed by atoms with Crippen LogP contribution in [0, 0.1) is 0 Å². The molecule has 0 unspecified atom stereocenters. The lowest BCUT2D eigenvalue weighted by Crippen LogP contribution is -2.17. The van der Waals surface area contributed by atoms with Crippen LogP contribution in [0.2, 0.25) is 5.02 Å². The molecule has 0 aliphatic carbocycles. The summed E-state index contributed by atoms with van der Waals surface area (Å²) in [5, 5.41) is 10.8. The van der Waals surface area contributed by atoms with Crippen molar-refractivity contribution in [3.63, 3.8) is 0 Å². The van der Waals surface area contributed by atoms with Gasteiger partial charge in [0.25, 0.3) is 0 Å². The number of hydrogen-bond donors (Lipinski definition) is 1. The lowest BCUT2D eigenvalue weighted by atomic mass is 10.1. The van der Waals surface area contributed by atoms with Gasteiger partial charge in [0.15, 0.2) is 11.5 Å². The van der Waals surface area contributed by atoms with Crippen molar-refractivity contribution < 1.29 is 19.3 Å². The van der Waals surface area contributed by atoms with E-state index >= 15 is 0 Å². The van der Waals surface area contributed by atoms with Crippen molar-refractivity contribution in [3.8, 4) is 17.2 Å². The number of aliphatic hydroxyl groups is 1. The highest BCUT2D eigenvalue weighted by molar-refractivity contribution is 6.30. The van der Waals surface area contributed by atoms with E-state index in [1.807, 2.05) is 12.1 Å². The molecule has 5 heteroatoms. The summed E-state index contributed by atoms with van der Waals surface area (Å²) in [6, 6.07) is 12.5. The lowest BCUT2D eigenvalue weighted by molar-refractivity contribution is 0.101. The highest BCUT2D eigenvalue weighted by atomic mass is 35.5. The van der Waals surface area contributed by atoms with Crippen molar-refractivity contribution in [1.82, 2.24) is 0 Å². The van der Waals surface area contributed by atoms with Crippen molar-refractivity contribution in [3.05, 3.63) is 53.1 Å². The predicted octanol–water partition coefficient (Wildman–Crippen LogP) is 3.22. The third-order valence-corrected chi connectivity index (χ3v) is 3.43. The molecular weight excluding hydrogens is 292 g/mol. The first-order valence-corrected chi connectivity index (χ1v) is 7.07. The smallest absolute Gasteiger partial charge is 0.203 e. The van der Waals surface area contributed by atoms with Crippen molar-refractivity contribution >= 4 is 11.6 Å². The summed E-state index contributed by atoms with van der Waals surface area (Å²) in [5.41, 5.74) is 0.751. The van der Waals surface area contributed by atoms with E-state index in [0.29, 0.717) is 35.5 Å². The van der Waals surface area contributed by atoms with Gasteiger partial charge in [0.1, 0.15) is 25.9 Å². The minimum absolute atomic E-state index is 0.126. The van der Waals surface area contributed by atoms with Crippen LogP contribution >= 0.6 is 11.6 Å². The van der Waals surface area contributed by atoms with Crippen LogP contribution in [0.25, 0.3) is 0 Å². The number of aliphatic hydroxyl groups excluding tert-OH is 1. The number of ether oxygens (including phenoxy) is 3. The zero-order valence-electron chi connectivity index (χ0n) is 11.3. The molecule has 4 nitrogen and oxygen atoms in total. The Morgan fingerprint density at radius 1 is 1.10 bits per heavy atom. The Morgan fingerprint density at radius 2 is 1.86 bits per heavy atom. The normalized spacial score (nSPS) is 14.6. The molecule has 1 aliphatic heterocycles. The van der Waals surface area contributed by atoms with Gasteiger partial charge in [-0.25, -0.2) is 0 Å². The summed E-state index contributed by atoms with van der Waals surface area (Å²) in [6.45, 7) is 1.15. The fraction of sp³-hybridized carbons (Fsp3) is 0.250. The average Bonchev–Trinajstić information content (AvgIpc) is 2.53. The molecule has 110 valence electrons. The number of rotatable bonds is 4. The van der Waals surface area contributed by atoms with Crippen LogP contribution in [0.1, 0.15) is 11.7 Å². The zero-order chi connectivity index (χ0) is 14.7. The molecule has 0 fully saturated rings. The molecule has 2 aromatic carbocycles. The number of hydrogen-bond acceptors (Lipinski definition) is 4. The van der Waals surface area contributed by atoms with Crippen molar-refractivity contribution in [1.29, 1.82) is 0 Å². The van der Waals surface area contributed by atoms with Crippen LogP contribution in [0.5, 0.6) is 17.2 Å². The monoisotopic (exact) mass is 306 g/mol. The molecular formula is C16H15ClO4. The molecule has 0 amide bonds. The second-order valence-electron chi connectivity index (χ2n) is 4.66. The first-order valence-electron chi connectivity index (χ1n) is 6.69. The third-order valence-electron chi connectivity index (χ3n) is 3.18. The van der Waals surface area contributed by atoms with Gasteiger partial charge in [-0.05, 0) is 29.8 Å². The molecule has 1 N–H and O–H groups in total. The van der Waals surface area contributed by atoms with Gasteiger partial charge in [-0.3, -0.25) is 0 Å². The summed E-state index contributed by atoms with van der Waals surface area (Å²) in [5.74, 6) is 1.83. The molecule has 21 heavy (non-hydrogen) atoms. The topological polar surface area (TPSA) is 47.9 Å². The molecule has 1 aliphatic rings. The maximum Gasteiger partial charge on any atom is 0.203 e. The van der Waals surface area contributed by atoms with E-state index in [1.165, 1.54) is 0 Å². The summed E-state index contributed by atoms with van der Waals surface area (Å²) >= 11 is 5.83. The fourth-order valence-corrected chi connectivity index (χ4v) is 2.24. The summed E-state index contributed by atoms with van der Waals surface area (Å²) < 4.78 is 16.7. The van der Waals surface area contributed by atoms with E-state index in [-0.39, 0.29) is 6.61 Å². The molecule has 2 aromatic rings. The Kier molecular flexibility index (Phi) is 4.18. The Hall–Kier alpha value is -1.91. The zero-order valence-corrected chi connectivity index (χ0v) is 12.0. The largest absolute Gasteiger partial charge is 0.486 e. The van der Waals surface area contributed by atoms with Crippen LogP contribution in [0.15, 0.2) is 42.5 Å². The molecule has 0 radical (unpaired) electrons. The van der Waals surface area contributed by atoms with Gasteiger partial charge < -0.3 is 19.3 Å². The van der Waals surface area contributed by atoms with Gasteiger partial charge in [0, 0.05) is 5.02 Å². The highest BCUT2D eigenvalue weighted by Crippen LogP contribution is 2.39. The SMILES string of the molecule is O[C@H](COc1cccc2c1OCCO2)c1ccc(Cl)cc1.